The summed E-state index contributed by atoms with van der Waals surface area (Å²) in [4.78, 5) is 13.6. The second-order valence-electron chi connectivity index (χ2n) is 5.43. The smallest absolute Gasteiger partial charge is 0.410 e. The highest BCUT2D eigenvalue weighted by atomic mass is 16.6. The second kappa shape index (κ2) is 3.62. The lowest BCUT2D eigenvalue weighted by atomic mass is 9.83. The van der Waals surface area contributed by atoms with E-state index >= 15 is 0 Å². The van der Waals surface area contributed by atoms with Crippen LogP contribution in [0.5, 0.6) is 0 Å². The van der Waals surface area contributed by atoms with E-state index < -0.39 is 0 Å². The molecule has 0 saturated carbocycles. The van der Waals surface area contributed by atoms with Crippen molar-refractivity contribution in [1.82, 2.24) is 10.2 Å². The molecule has 2 bridgehead atoms. The van der Waals surface area contributed by atoms with Gasteiger partial charge in [-0.05, 0) is 19.8 Å². The highest BCUT2D eigenvalue weighted by Gasteiger charge is 2.48. The van der Waals surface area contributed by atoms with E-state index in [0.29, 0.717) is 12.1 Å². The summed E-state index contributed by atoms with van der Waals surface area (Å²) in [7, 11) is 0. The number of rotatable bonds is 1. The quantitative estimate of drug-likeness (QED) is 0.734. The molecule has 3 atom stereocenters. The molecule has 3 saturated heterocycles. The largest absolute Gasteiger partial charge is 0.443 e. The van der Waals surface area contributed by atoms with Gasteiger partial charge in [-0.1, -0.05) is 0 Å². The molecule has 0 aromatic heterocycles. The normalized spacial score (nSPS) is 42.6. The van der Waals surface area contributed by atoms with Gasteiger partial charge in [-0.3, -0.25) is 0 Å². The van der Waals surface area contributed by atoms with E-state index in [9.17, 15) is 4.79 Å². The van der Waals surface area contributed by atoms with Gasteiger partial charge in [-0.15, -0.1) is 0 Å². The minimum Gasteiger partial charge on any atom is -0.443 e. The summed E-state index contributed by atoms with van der Waals surface area (Å²) in [5.41, 5.74) is -0.139. The van der Waals surface area contributed by atoms with Crippen molar-refractivity contribution in [3.8, 4) is 0 Å². The molecule has 1 unspecified atom stereocenters. The maximum atomic E-state index is 11.8. The summed E-state index contributed by atoms with van der Waals surface area (Å²) >= 11 is 0. The highest BCUT2D eigenvalue weighted by molar-refractivity contribution is 5.69. The van der Waals surface area contributed by atoms with E-state index in [1.54, 1.807) is 4.90 Å². The van der Waals surface area contributed by atoms with Crippen molar-refractivity contribution in [3.05, 3.63) is 0 Å². The number of ether oxygens (including phenoxy) is 1. The molecule has 16 heavy (non-hydrogen) atoms. The molecule has 1 N–H and O–H groups in total. The number of nitrogens with zero attached hydrogens (tertiary/aromatic N) is 1. The van der Waals surface area contributed by atoms with Crippen LogP contribution in [0.4, 0.5) is 4.79 Å². The monoisotopic (exact) mass is 224 g/mol. The Hall–Kier alpha value is -0.770. The van der Waals surface area contributed by atoms with Gasteiger partial charge in [-0.2, -0.15) is 0 Å². The standard InChI is InChI=1S/C12H20N2O2/c1-2-14-6-5-12(16-11(14)15)7-9-3-4-10(8-12)13-9/h9-10,13H,2-8H2,1H3/t9-,10+,12?. The van der Waals surface area contributed by atoms with Crippen molar-refractivity contribution in [2.45, 2.75) is 56.7 Å². The summed E-state index contributed by atoms with van der Waals surface area (Å²) in [5.74, 6) is 0. The molecular formula is C12H20N2O2. The molecule has 3 aliphatic rings. The zero-order valence-corrected chi connectivity index (χ0v) is 9.87. The Morgan fingerprint density at radius 2 is 2.12 bits per heavy atom. The summed E-state index contributed by atoms with van der Waals surface area (Å²) < 4.78 is 5.75. The van der Waals surface area contributed by atoms with Crippen LogP contribution < -0.4 is 5.32 Å². The first kappa shape index (κ1) is 10.4. The molecule has 0 aromatic carbocycles. The zero-order valence-electron chi connectivity index (χ0n) is 9.87. The lowest BCUT2D eigenvalue weighted by Gasteiger charge is -2.45. The van der Waals surface area contributed by atoms with Crippen molar-refractivity contribution in [2.24, 2.45) is 0 Å². The van der Waals surface area contributed by atoms with Gasteiger partial charge >= 0.3 is 6.09 Å². The number of nitrogens with one attached hydrogen (secondary N) is 1. The molecule has 0 aliphatic carbocycles. The fourth-order valence-electron chi connectivity index (χ4n) is 3.51. The van der Waals surface area contributed by atoms with Crippen molar-refractivity contribution < 1.29 is 9.53 Å². The van der Waals surface area contributed by atoms with Gasteiger partial charge in [-0.25, -0.2) is 4.79 Å². The van der Waals surface area contributed by atoms with Crippen molar-refractivity contribution in [1.29, 1.82) is 0 Å². The first-order valence-corrected chi connectivity index (χ1v) is 6.45. The third-order valence-corrected chi connectivity index (χ3v) is 4.35. The number of carbonyl (C=O) groups excluding carboxylic acids is 1. The van der Waals surface area contributed by atoms with Crippen LogP contribution in [0.1, 0.15) is 39.0 Å². The zero-order chi connectivity index (χ0) is 11.2. The van der Waals surface area contributed by atoms with Crippen LogP contribution in [0, 0.1) is 0 Å². The van der Waals surface area contributed by atoms with Gasteiger partial charge in [0.15, 0.2) is 0 Å². The minimum absolute atomic E-state index is 0.102. The third-order valence-electron chi connectivity index (χ3n) is 4.35. The fraction of sp³-hybridized carbons (Fsp3) is 0.917. The van der Waals surface area contributed by atoms with Crippen LogP contribution in [0.2, 0.25) is 0 Å². The average Bonchev–Trinajstić information content (AvgIpc) is 2.59. The van der Waals surface area contributed by atoms with Gasteiger partial charge in [0.05, 0.1) is 0 Å². The number of carbonyl (C=O) groups is 1. The Labute approximate surface area is 96.3 Å². The van der Waals surface area contributed by atoms with E-state index in [1.807, 2.05) is 6.92 Å². The molecule has 90 valence electrons. The summed E-state index contributed by atoms with van der Waals surface area (Å²) in [6.45, 7) is 3.64. The minimum atomic E-state index is -0.139. The van der Waals surface area contributed by atoms with Gasteiger partial charge < -0.3 is 15.0 Å². The molecule has 0 aromatic rings. The Kier molecular flexibility index (Phi) is 2.35. The molecule has 4 nitrogen and oxygen atoms in total. The van der Waals surface area contributed by atoms with Gasteiger partial charge in [0.2, 0.25) is 0 Å². The van der Waals surface area contributed by atoms with Crippen LogP contribution in [-0.4, -0.2) is 41.8 Å². The fourth-order valence-corrected chi connectivity index (χ4v) is 3.51. The highest BCUT2D eigenvalue weighted by Crippen LogP contribution is 2.40. The molecule has 3 fully saturated rings. The third kappa shape index (κ3) is 1.59. The number of hydrogen-bond donors (Lipinski definition) is 1. The Morgan fingerprint density at radius 3 is 2.69 bits per heavy atom. The lowest BCUT2D eigenvalue weighted by Crippen LogP contribution is -2.56. The van der Waals surface area contributed by atoms with Crippen LogP contribution in [0.3, 0.4) is 0 Å². The number of amides is 1. The molecule has 0 radical (unpaired) electrons. The predicted octanol–water partition coefficient (Wildman–Crippen LogP) is 1.50. The van der Waals surface area contributed by atoms with Crippen molar-refractivity contribution in [3.63, 3.8) is 0 Å². The molecule has 3 rings (SSSR count). The maximum absolute atomic E-state index is 11.8. The van der Waals surface area contributed by atoms with E-state index in [2.05, 4.69) is 5.32 Å². The number of hydrogen-bond acceptors (Lipinski definition) is 3. The average molecular weight is 224 g/mol. The Bertz CT molecular complexity index is 293. The predicted molar refractivity (Wildman–Crippen MR) is 60.3 cm³/mol. The lowest BCUT2D eigenvalue weighted by molar-refractivity contribution is -0.0733. The van der Waals surface area contributed by atoms with Crippen LogP contribution in [-0.2, 0) is 4.74 Å². The molecular weight excluding hydrogens is 204 g/mol. The second-order valence-corrected chi connectivity index (χ2v) is 5.43. The molecule has 1 spiro atoms. The van der Waals surface area contributed by atoms with E-state index in [1.165, 1.54) is 12.8 Å². The van der Waals surface area contributed by atoms with E-state index in [-0.39, 0.29) is 11.7 Å². The van der Waals surface area contributed by atoms with Gasteiger partial charge in [0, 0.05) is 44.4 Å². The molecule has 3 heterocycles. The van der Waals surface area contributed by atoms with Gasteiger partial charge in [0.25, 0.3) is 0 Å². The van der Waals surface area contributed by atoms with E-state index in [4.69, 9.17) is 4.74 Å². The van der Waals surface area contributed by atoms with Crippen molar-refractivity contribution in [2.75, 3.05) is 13.1 Å². The van der Waals surface area contributed by atoms with Gasteiger partial charge in [0.1, 0.15) is 5.60 Å². The first-order chi connectivity index (χ1) is 7.71. The van der Waals surface area contributed by atoms with Crippen LogP contribution in [0.25, 0.3) is 0 Å². The summed E-state index contributed by atoms with van der Waals surface area (Å²) in [6.07, 6.45) is 5.46. The van der Waals surface area contributed by atoms with Crippen LogP contribution >= 0.6 is 0 Å². The molecule has 3 aliphatic heterocycles. The number of piperidine rings is 1. The molecule has 1 amide bonds. The van der Waals surface area contributed by atoms with Crippen molar-refractivity contribution >= 4 is 6.09 Å². The molecule has 4 heteroatoms. The van der Waals surface area contributed by atoms with Crippen LogP contribution in [0.15, 0.2) is 0 Å². The SMILES string of the molecule is CCN1CCC2(C[C@H]3CC[C@@H](C2)N3)OC1=O. The summed E-state index contributed by atoms with van der Waals surface area (Å²) in [5, 5.41) is 3.60. The first-order valence-electron chi connectivity index (χ1n) is 6.45. The van der Waals surface area contributed by atoms with E-state index in [0.717, 1.165) is 32.4 Å². The Balaban J connectivity index is 1.73. The maximum Gasteiger partial charge on any atom is 0.410 e. The number of fused-ring (bicyclic) bond motifs is 2. The topological polar surface area (TPSA) is 41.6 Å². The summed E-state index contributed by atoms with van der Waals surface area (Å²) in [6, 6.07) is 1.17. The Morgan fingerprint density at radius 1 is 1.44 bits per heavy atom.